The fraction of sp³-hybridized carbons (Fsp3) is 0.438. The summed E-state index contributed by atoms with van der Waals surface area (Å²) in [6, 6.07) is 7.26. The summed E-state index contributed by atoms with van der Waals surface area (Å²) >= 11 is 0. The molecule has 0 unspecified atom stereocenters. The number of aliphatic hydroxyl groups is 1. The summed E-state index contributed by atoms with van der Waals surface area (Å²) in [5.41, 5.74) is -1.14. The van der Waals surface area contributed by atoms with E-state index in [9.17, 15) is 19.5 Å². The van der Waals surface area contributed by atoms with Crippen LogP contribution in [0, 0.1) is 0 Å². The van der Waals surface area contributed by atoms with Crippen LogP contribution in [0.2, 0.25) is 0 Å². The van der Waals surface area contributed by atoms with E-state index in [4.69, 9.17) is 4.74 Å². The lowest BCUT2D eigenvalue weighted by Gasteiger charge is -2.44. The zero-order chi connectivity index (χ0) is 17.0. The molecule has 1 aromatic carbocycles. The molecule has 1 amide bonds. The average Bonchev–Trinajstić information content (AvgIpc) is 2.58. The molecule has 2 atom stereocenters. The smallest absolute Gasteiger partial charge is 0.332 e. The fourth-order valence-electron chi connectivity index (χ4n) is 2.83. The van der Waals surface area contributed by atoms with Crippen molar-refractivity contribution >= 4 is 17.8 Å². The first-order chi connectivity index (χ1) is 10.9. The van der Waals surface area contributed by atoms with E-state index in [-0.39, 0.29) is 12.8 Å². The molecular weight excluding hydrogens is 302 g/mol. The minimum atomic E-state index is -1.63. The molecular formula is C16H19NO6. The van der Waals surface area contributed by atoms with E-state index in [1.165, 1.54) is 14.2 Å². The summed E-state index contributed by atoms with van der Waals surface area (Å²) < 4.78 is 9.33. The number of hydrogen-bond donors (Lipinski definition) is 1. The monoisotopic (exact) mass is 321 g/mol. The zero-order valence-corrected chi connectivity index (χ0v) is 13.0. The molecule has 124 valence electrons. The van der Waals surface area contributed by atoms with E-state index in [0.717, 1.165) is 4.90 Å². The number of likely N-dealkylation sites (tertiary alicyclic amines) is 1. The number of esters is 2. The number of nitrogens with zero attached hydrogens (tertiary/aromatic N) is 1. The standard InChI is InChI=1S/C16H19NO6/c1-22-13(19)10-17-12(18)8-9-16(21,14(17)15(20)23-2)11-6-4-3-5-7-11/h3-7,14,21H,8-10H2,1-2H3/t14-,16+/m0/s1. The lowest BCUT2D eigenvalue weighted by Crippen LogP contribution is -2.62. The summed E-state index contributed by atoms with van der Waals surface area (Å²) in [7, 11) is 2.36. The van der Waals surface area contributed by atoms with Crippen molar-refractivity contribution in [3.8, 4) is 0 Å². The second-order valence-corrected chi connectivity index (χ2v) is 5.31. The molecule has 0 bridgehead atoms. The van der Waals surface area contributed by atoms with Crippen LogP contribution in [0.15, 0.2) is 30.3 Å². The molecule has 1 heterocycles. The Morgan fingerprint density at radius 3 is 2.48 bits per heavy atom. The molecule has 23 heavy (non-hydrogen) atoms. The Labute approximate surface area is 133 Å². The van der Waals surface area contributed by atoms with E-state index < -0.39 is 36.0 Å². The van der Waals surface area contributed by atoms with Crippen molar-refractivity contribution < 1.29 is 29.0 Å². The molecule has 1 N–H and O–H groups in total. The molecule has 0 spiro atoms. The van der Waals surface area contributed by atoms with Gasteiger partial charge in [-0.15, -0.1) is 0 Å². The van der Waals surface area contributed by atoms with Crippen LogP contribution < -0.4 is 0 Å². The van der Waals surface area contributed by atoms with Crippen LogP contribution in [-0.4, -0.2) is 54.7 Å². The van der Waals surface area contributed by atoms with Gasteiger partial charge in [-0.3, -0.25) is 9.59 Å². The van der Waals surface area contributed by atoms with Gasteiger partial charge in [-0.2, -0.15) is 0 Å². The molecule has 1 fully saturated rings. The second-order valence-electron chi connectivity index (χ2n) is 5.31. The van der Waals surface area contributed by atoms with E-state index in [1.807, 2.05) is 0 Å². The van der Waals surface area contributed by atoms with Gasteiger partial charge in [0.15, 0.2) is 6.04 Å². The minimum Gasteiger partial charge on any atom is -0.468 e. The van der Waals surface area contributed by atoms with Gasteiger partial charge >= 0.3 is 11.9 Å². The highest BCUT2D eigenvalue weighted by Gasteiger charge is 2.52. The van der Waals surface area contributed by atoms with Crippen molar-refractivity contribution in [2.24, 2.45) is 0 Å². The number of piperidine rings is 1. The van der Waals surface area contributed by atoms with Crippen LogP contribution in [0.1, 0.15) is 18.4 Å². The Morgan fingerprint density at radius 1 is 1.26 bits per heavy atom. The Balaban J connectivity index is 2.47. The highest BCUT2D eigenvalue weighted by atomic mass is 16.5. The SMILES string of the molecule is COC(=O)CN1C(=O)CC[C@@](O)(c2ccccc2)[C@@H]1C(=O)OC. The number of methoxy groups -OCH3 is 2. The Morgan fingerprint density at radius 2 is 1.91 bits per heavy atom. The first-order valence-corrected chi connectivity index (χ1v) is 7.16. The quantitative estimate of drug-likeness (QED) is 0.797. The molecule has 1 aliphatic rings. The summed E-state index contributed by atoms with van der Waals surface area (Å²) in [6.45, 7) is -0.426. The maximum Gasteiger partial charge on any atom is 0.332 e. The van der Waals surface area contributed by atoms with Gasteiger partial charge in [0, 0.05) is 6.42 Å². The average molecular weight is 321 g/mol. The molecule has 1 aliphatic heterocycles. The third kappa shape index (κ3) is 3.19. The number of hydrogen-bond acceptors (Lipinski definition) is 6. The van der Waals surface area contributed by atoms with Crippen LogP contribution in [0.4, 0.5) is 0 Å². The predicted molar refractivity (Wildman–Crippen MR) is 79.1 cm³/mol. The number of amides is 1. The van der Waals surface area contributed by atoms with Crippen LogP contribution >= 0.6 is 0 Å². The summed E-state index contributed by atoms with van der Waals surface area (Å²) in [5.74, 6) is -1.87. The Bertz CT molecular complexity index is 602. The van der Waals surface area contributed by atoms with Crippen LogP contribution in [-0.2, 0) is 29.5 Å². The topological polar surface area (TPSA) is 93.1 Å². The number of ether oxygens (including phenoxy) is 2. The zero-order valence-electron chi connectivity index (χ0n) is 13.0. The van der Waals surface area contributed by atoms with Gasteiger partial charge in [-0.25, -0.2) is 4.79 Å². The van der Waals surface area contributed by atoms with Crippen molar-refractivity contribution in [3.05, 3.63) is 35.9 Å². The van der Waals surface area contributed by atoms with Crippen LogP contribution in [0.5, 0.6) is 0 Å². The van der Waals surface area contributed by atoms with Gasteiger partial charge in [0.05, 0.1) is 14.2 Å². The van der Waals surface area contributed by atoms with Crippen molar-refractivity contribution in [2.75, 3.05) is 20.8 Å². The van der Waals surface area contributed by atoms with E-state index in [0.29, 0.717) is 5.56 Å². The molecule has 0 aromatic heterocycles. The largest absolute Gasteiger partial charge is 0.468 e. The molecule has 0 radical (unpaired) electrons. The summed E-state index contributed by atoms with van der Waals surface area (Å²) in [5, 5.41) is 11.1. The highest BCUT2D eigenvalue weighted by molar-refractivity contribution is 5.90. The number of benzene rings is 1. The van der Waals surface area contributed by atoms with Crippen LogP contribution in [0.25, 0.3) is 0 Å². The molecule has 7 heteroatoms. The van der Waals surface area contributed by atoms with Gasteiger partial charge in [0.25, 0.3) is 0 Å². The maximum absolute atomic E-state index is 12.3. The van der Waals surface area contributed by atoms with Gasteiger partial charge in [0.1, 0.15) is 12.1 Å². The van der Waals surface area contributed by atoms with Gasteiger partial charge in [-0.1, -0.05) is 30.3 Å². The molecule has 1 aromatic rings. The first-order valence-electron chi connectivity index (χ1n) is 7.16. The number of carbonyl (C=O) groups excluding carboxylic acids is 3. The van der Waals surface area contributed by atoms with E-state index >= 15 is 0 Å². The van der Waals surface area contributed by atoms with E-state index in [1.54, 1.807) is 30.3 Å². The first kappa shape index (κ1) is 17.0. The second kappa shape index (κ2) is 6.78. The fourth-order valence-corrected chi connectivity index (χ4v) is 2.83. The third-order valence-corrected chi connectivity index (χ3v) is 4.03. The number of rotatable bonds is 4. The van der Waals surface area contributed by atoms with Gasteiger partial charge < -0.3 is 19.5 Å². The van der Waals surface area contributed by atoms with Crippen molar-refractivity contribution in [3.63, 3.8) is 0 Å². The molecule has 7 nitrogen and oxygen atoms in total. The Hall–Kier alpha value is -2.41. The van der Waals surface area contributed by atoms with Crippen molar-refractivity contribution in [2.45, 2.75) is 24.5 Å². The normalized spacial score (nSPS) is 24.2. The van der Waals surface area contributed by atoms with Crippen molar-refractivity contribution in [1.29, 1.82) is 0 Å². The third-order valence-electron chi connectivity index (χ3n) is 4.03. The lowest BCUT2D eigenvalue weighted by molar-refractivity contribution is -0.178. The summed E-state index contributed by atoms with van der Waals surface area (Å²) in [6.07, 6.45) is 0.0726. The Kier molecular flexibility index (Phi) is 5.00. The molecule has 0 saturated carbocycles. The lowest BCUT2D eigenvalue weighted by atomic mass is 9.78. The van der Waals surface area contributed by atoms with Crippen LogP contribution in [0.3, 0.4) is 0 Å². The highest BCUT2D eigenvalue weighted by Crippen LogP contribution is 2.38. The molecule has 1 saturated heterocycles. The maximum atomic E-state index is 12.3. The minimum absolute atomic E-state index is 0.00980. The van der Waals surface area contributed by atoms with E-state index in [2.05, 4.69) is 4.74 Å². The predicted octanol–water partition coefficient (Wildman–Crippen LogP) is 0.211. The van der Waals surface area contributed by atoms with Gasteiger partial charge in [-0.05, 0) is 12.0 Å². The summed E-state index contributed by atoms with van der Waals surface area (Å²) in [4.78, 5) is 37.0. The molecule has 0 aliphatic carbocycles. The molecule has 2 rings (SSSR count). The number of carbonyl (C=O) groups is 3. The van der Waals surface area contributed by atoms with Crippen molar-refractivity contribution in [1.82, 2.24) is 4.90 Å². The van der Waals surface area contributed by atoms with Gasteiger partial charge in [0.2, 0.25) is 5.91 Å².